The minimum Gasteiger partial charge on any atom is -0.305 e. The highest BCUT2D eigenvalue weighted by atomic mass is 35.5. The van der Waals surface area contributed by atoms with Gasteiger partial charge in [0, 0.05) is 26.3 Å². The zero-order chi connectivity index (χ0) is 13.0. The van der Waals surface area contributed by atoms with E-state index in [-0.39, 0.29) is 0 Å². The smallest absolute Gasteiger partial charge is 0.0863 e. The second-order valence-electron chi connectivity index (χ2n) is 4.11. The molecule has 0 aliphatic rings. The van der Waals surface area contributed by atoms with E-state index in [1.807, 2.05) is 29.9 Å². The van der Waals surface area contributed by atoms with Crippen molar-refractivity contribution in [2.24, 2.45) is 7.05 Å². The normalized spacial score (nSPS) is 10.8. The molecule has 0 atom stereocenters. The molecular weight excluding hydrogens is 248 g/mol. The average Bonchev–Trinajstić information content (AvgIpc) is 2.67. The fraction of sp³-hybridized carbons (Fsp3) is 0.385. The van der Waals surface area contributed by atoms with Crippen LogP contribution in [0.5, 0.6) is 0 Å². The van der Waals surface area contributed by atoms with Gasteiger partial charge < -0.3 is 5.32 Å². The highest BCUT2D eigenvalue weighted by Gasteiger charge is 2.12. The first-order valence-corrected chi connectivity index (χ1v) is 6.41. The molecule has 2 aromatic heterocycles. The van der Waals surface area contributed by atoms with Crippen molar-refractivity contribution in [1.29, 1.82) is 0 Å². The first kappa shape index (κ1) is 13.1. The van der Waals surface area contributed by atoms with E-state index >= 15 is 0 Å². The summed E-state index contributed by atoms with van der Waals surface area (Å²) in [7, 11) is 1.92. The average molecular weight is 265 g/mol. The fourth-order valence-corrected chi connectivity index (χ4v) is 2.18. The summed E-state index contributed by atoms with van der Waals surface area (Å²) in [5, 5.41) is 8.48. The largest absolute Gasteiger partial charge is 0.305 e. The minimum absolute atomic E-state index is 0.693. The first-order chi connectivity index (χ1) is 8.72. The zero-order valence-electron chi connectivity index (χ0n) is 10.7. The topological polar surface area (TPSA) is 42.7 Å². The summed E-state index contributed by atoms with van der Waals surface area (Å²) in [4.78, 5) is 4.26. The van der Waals surface area contributed by atoms with Crippen molar-refractivity contribution >= 4 is 11.6 Å². The number of aromatic nitrogens is 3. The van der Waals surface area contributed by atoms with E-state index in [0.717, 1.165) is 35.1 Å². The fourth-order valence-electron chi connectivity index (χ4n) is 1.82. The van der Waals surface area contributed by atoms with E-state index in [2.05, 4.69) is 22.3 Å². The van der Waals surface area contributed by atoms with Crippen LogP contribution in [-0.2, 0) is 26.6 Å². The zero-order valence-corrected chi connectivity index (χ0v) is 11.4. The van der Waals surface area contributed by atoms with Gasteiger partial charge in [-0.3, -0.25) is 9.67 Å². The van der Waals surface area contributed by atoms with Crippen LogP contribution in [-0.4, -0.2) is 14.8 Å². The predicted molar refractivity (Wildman–Crippen MR) is 72.4 cm³/mol. The van der Waals surface area contributed by atoms with Crippen molar-refractivity contribution in [2.45, 2.75) is 26.4 Å². The van der Waals surface area contributed by atoms with Gasteiger partial charge in [-0.1, -0.05) is 24.6 Å². The van der Waals surface area contributed by atoms with Gasteiger partial charge in [0.05, 0.1) is 22.1 Å². The summed E-state index contributed by atoms with van der Waals surface area (Å²) in [6.07, 6.45) is 2.65. The van der Waals surface area contributed by atoms with Crippen molar-refractivity contribution in [1.82, 2.24) is 20.1 Å². The number of hydrogen-bond acceptors (Lipinski definition) is 3. The standard InChI is InChI=1S/C13H17ClN4/c1-3-11-13(14)12(18(2)17-11)9-15-8-10-6-4-5-7-16-10/h4-7,15H,3,8-9H2,1-2H3. The number of nitrogens with zero attached hydrogens (tertiary/aromatic N) is 3. The molecule has 0 aromatic carbocycles. The Morgan fingerprint density at radius 1 is 1.33 bits per heavy atom. The van der Waals surface area contributed by atoms with Crippen LogP contribution in [0.15, 0.2) is 24.4 Å². The Labute approximate surface area is 112 Å². The van der Waals surface area contributed by atoms with Gasteiger partial charge in [0.15, 0.2) is 0 Å². The van der Waals surface area contributed by atoms with E-state index in [9.17, 15) is 0 Å². The van der Waals surface area contributed by atoms with E-state index < -0.39 is 0 Å². The number of halogens is 1. The second kappa shape index (κ2) is 5.98. The van der Waals surface area contributed by atoms with E-state index in [1.54, 1.807) is 6.20 Å². The SMILES string of the molecule is CCc1nn(C)c(CNCc2ccccn2)c1Cl. The Balaban J connectivity index is 1.96. The van der Waals surface area contributed by atoms with Gasteiger partial charge >= 0.3 is 0 Å². The lowest BCUT2D eigenvalue weighted by molar-refractivity contribution is 0.617. The van der Waals surface area contributed by atoms with Crippen LogP contribution < -0.4 is 5.32 Å². The third-order valence-electron chi connectivity index (χ3n) is 2.83. The molecule has 4 nitrogen and oxygen atoms in total. The molecule has 0 aliphatic heterocycles. The van der Waals surface area contributed by atoms with Crippen LogP contribution in [0.4, 0.5) is 0 Å². The van der Waals surface area contributed by atoms with Crippen molar-refractivity contribution in [3.8, 4) is 0 Å². The van der Waals surface area contributed by atoms with Gasteiger partial charge in [-0.25, -0.2) is 0 Å². The van der Waals surface area contributed by atoms with Crippen molar-refractivity contribution in [3.05, 3.63) is 46.5 Å². The molecule has 2 rings (SSSR count). The number of aryl methyl sites for hydroxylation is 2. The number of rotatable bonds is 5. The van der Waals surface area contributed by atoms with Crippen LogP contribution in [0, 0.1) is 0 Å². The first-order valence-electron chi connectivity index (χ1n) is 6.03. The summed E-state index contributed by atoms with van der Waals surface area (Å²) in [6, 6.07) is 5.89. The molecule has 0 saturated heterocycles. The van der Waals surface area contributed by atoms with E-state index in [4.69, 9.17) is 11.6 Å². The Bertz CT molecular complexity index is 507. The highest BCUT2D eigenvalue weighted by Crippen LogP contribution is 2.20. The lowest BCUT2D eigenvalue weighted by Crippen LogP contribution is -2.16. The third kappa shape index (κ3) is 2.89. The Hall–Kier alpha value is -1.39. The maximum Gasteiger partial charge on any atom is 0.0863 e. The Morgan fingerprint density at radius 2 is 2.17 bits per heavy atom. The molecule has 0 fully saturated rings. The van der Waals surface area contributed by atoms with Crippen LogP contribution in [0.1, 0.15) is 24.0 Å². The lowest BCUT2D eigenvalue weighted by Gasteiger charge is -2.05. The molecule has 2 heterocycles. The van der Waals surface area contributed by atoms with E-state index in [0.29, 0.717) is 6.54 Å². The summed E-state index contributed by atoms with van der Waals surface area (Å²) in [5.74, 6) is 0. The Morgan fingerprint density at radius 3 is 2.78 bits per heavy atom. The molecule has 0 saturated carbocycles. The third-order valence-corrected chi connectivity index (χ3v) is 3.26. The number of pyridine rings is 1. The molecule has 0 aliphatic carbocycles. The number of hydrogen-bond donors (Lipinski definition) is 1. The van der Waals surface area contributed by atoms with Gasteiger partial charge in [0.1, 0.15) is 0 Å². The van der Waals surface area contributed by atoms with E-state index in [1.165, 1.54) is 0 Å². The van der Waals surface area contributed by atoms with Gasteiger partial charge in [-0.2, -0.15) is 5.10 Å². The monoisotopic (exact) mass is 264 g/mol. The molecule has 5 heteroatoms. The summed E-state index contributed by atoms with van der Waals surface area (Å²) >= 11 is 6.27. The predicted octanol–water partition coefficient (Wildman–Crippen LogP) is 2.32. The summed E-state index contributed by atoms with van der Waals surface area (Å²) in [6.45, 7) is 3.47. The quantitative estimate of drug-likeness (QED) is 0.901. The van der Waals surface area contributed by atoms with Crippen molar-refractivity contribution in [2.75, 3.05) is 0 Å². The van der Waals surface area contributed by atoms with Gasteiger partial charge in [0.25, 0.3) is 0 Å². The minimum atomic E-state index is 0.693. The van der Waals surface area contributed by atoms with Crippen molar-refractivity contribution in [3.63, 3.8) is 0 Å². The van der Waals surface area contributed by atoms with Crippen LogP contribution in [0.25, 0.3) is 0 Å². The Kier molecular flexibility index (Phi) is 4.33. The molecule has 0 unspecified atom stereocenters. The molecule has 0 bridgehead atoms. The molecule has 2 aromatic rings. The molecular formula is C13H17ClN4. The molecule has 0 radical (unpaired) electrons. The van der Waals surface area contributed by atoms with Crippen LogP contribution in [0.2, 0.25) is 5.02 Å². The molecule has 18 heavy (non-hydrogen) atoms. The van der Waals surface area contributed by atoms with Gasteiger partial charge in [0.2, 0.25) is 0 Å². The highest BCUT2D eigenvalue weighted by molar-refractivity contribution is 6.31. The molecule has 0 amide bonds. The van der Waals surface area contributed by atoms with Gasteiger partial charge in [-0.15, -0.1) is 0 Å². The maximum atomic E-state index is 6.27. The number of nitrogens with one attached hydrogen (secondary N) is 1. The lowest BCUT2D eigenvalue weighted by atomic mass is 10.3. The maximum absolute atomic E-state index is 6.27. The van der Waals surface area contributed by atoms with Crippen LogP contribution >= 0.6 is 11.6 Å². The molecule has 0 spiro atoms. The van der Waals surface area contributed by atoms with Crippen molar-refractivity contribution < 1.29 is 0 Å². The summed E-state index contributed by atoms with van der Waals surface area (Å²) in [5.41, 5.74) is 2.99. The van der Waals surface area contributed by atoms with Crippen LogP contribution in [0.3, 0.4) is 0 Å². The molecule has 1 N–H and O–H groups in total. The molecule has 96 valence electrons. The summed E-state index contributed by atoms with van der Waals surface area (Å²) < 4.78 is 1.84. The van der Waals surface area contributed by atoms with Gasteiger partial charge in [-0.05, 0) is 18.6 Å². The second-order valence-corrected chi connectivity index (χ2v) is 4.49.